The van der Waals surface area contributed by atoms with E-state index in [2.05, 4.69) is 10.4 Å². The van der Waals surface area contributed by atoms with Gasteiger partial charge in [0.1, 0.15) is 9.88 Å². The number of hydrogen-bond acceptors (Lipinski definition) is 5. The minimum Gasteiger partial charge on any atom is -0.313 e. The number of nitrogens with one attached hydrogen (secondary N) is 1. The van der Waals surface area contributed by atoms with Gasteiger partial charge in [0.25, 0.3) is 11.6 Å². The molecule has 0 aliphatic carbocycles. The van der Waals surface area contributed by atoms with E-state index in [1.54, 1.807) is 28.9 Å². The van der Waals surface area contributed by atoms with Crippen LogP contribution in [-0.4, -0.2) is 20.6 Å². The number of hydrogen-bond donors (Lipinski definition) is 1. The van der Waals surface area contributed by atoms with Crippen molar-refractivity contribution in [2.24, 2.45) is 0 Å². The van der Waals surface area contributed by atoms with Crippen molar-refractivity contribution in [3.63, 3.8) is 0 Å². The van der Waals surface area contributed by atoms with E-state index >= 15 is 0 Å². The van der Waals surface area contributed by atoms with Crippen molar-refractivity contribution in [1.29, 1.82) is 0 Å². The highest BCUT2D eigenvalue weighted by Gasteiger charge is 2.25. The van der Waals surface area contributed by atoms with Crippen molar-refractivity contribution in [2.75, 3.05) is 5.32 Å². The fraction of sp³-hybridized carbons (Fsp3) is 0.222. The molecule has 0 saturated heterocycles. The smallest absolute Gasteiger partial charge is 0.291 e. The molecule has 0 aliphatic heterocycles. The van der Waals surface area contributed by atoms with Crippen LogP contribution in [-0.2, 0) is 13.0 Å². The standard InChI is InChI=1S/C18H17ClN4O3S/c1-3-11-9-14(22(4-2)21-11)17-15(23(25)26)10-16(27-17)20-18(24)12-7-5-6-8-13(12)19/h5-10H,3-4H2,1-2H3,(H,20,24). The van der Waals surface area contributed by atoms with E-state index in [4.69, 9.17) is 11.6 Å². The van der Waals surface area contributed by atoms with E-state index in [0.717, 1.165) is 23.5 Å². The second-order valence-corrected chi connectivity index (χ2v) is 7.17. The molecule has 2 aromatic heterocycles. The third-order valence-corrected chi connectivity index (χ3v) is 5.38. The lowest BCUT2D eigenvalue weighted by atomic mass is 10.2. The molecule has 0 radical (unpaired) electrons. The quantitative estimate of drug-likeness (QED) is 0.462. The molecular formula is C18H17ClN4O3S. The lowest BCUT2D eigenvalue weighted by molar-refractivity contribution is -0.383. The van der Waals surface area contributed by atoms with Crippen LogP contribution >= 0.6 is 22.9 Å². The number of carbonyl (C=O) groups excluding carboxylic acids is 1. The number of aromatic nitrogens is 2. The molecule has 1 aromatic carbocycles. The Bertz CT molecular complexity index is 1010. The van der Waals surface area contributed by atoms with Crippen molar-refractivity contribution in [1.82, 2.24) is 9.78 Å². The fourth-order valence-electron chi connectivity index (χ4n) is 2.65. The van der Waals surface area contributed by atoms with E-state index in [1.165, 1.54) is 6.07 Å². The maximum absolute atomic E-state index is 12.5. The van der Waals surface area contributed by atoms with Gasteiger partial charge in [-0.15, -0.1) is 11.3 Å². The second-order valence-electron chi connectivity index (χ2n) is 5.71. The highest BCUT2D eigenvalue weighted by molar-refractivity contribution is 7.20. The number of benzene rings is 1. The van der Waals surface area contributed by atoms with Gasteiger partial charge in [0.15, 0.2) is 0 Å². The Morgan fingerprint density at radius 2 is 2.07 bits per heavy atom. The molecule has 1 N–H and O–H groups in total. The molecule has 140 valence electrons. The maximum atomic E-state index is 12.5. The SMILES string of the molecule is CCc1cc(-c2sc(NC(=O)c3ccccc3Cl)cc2[N+](=O)[O-])n(CC)n1. The zero-order valence-corrected chi connectivity index (χ0v) is 16.3. The van der Waals surface area contributed by atoms with E-state index < -0.39 is 10.8 Å². The Labute approximate surface area is 164 Å². The van der Waals surface area contributed by atoms with Crippen LogP contribution in [0.2, 0.25) is 5.02 Å². The van der Waals surface area contributed by atoms with Gasteiger partial charge < -0.3 is 5.32 Å². The molecule has 27 heavy (non-hydrogen) atoms. The van der Waals surface area contributed by atoms with Crippen LogP contribution in [0.15, 0.2) is 36.4 Å². The molecule has 0 spiro atoms. The monoisotopic (exact) mass is 404 g/mol. The van der Waals surface area contributed by atoms with Gasteiger partial charge in [-0.05, 0) is 31.5 Å². The molecular weight excluding hydrogens is 388 g/mol. The molecule has 7 nitrogen and oxygen atoms in total. The molecule has 9 heteroatoms. The summed E-state index contributed by atoms with van der Waals surface area (Å²) in [6.45, 7) is 4.49. The fourth-order valence-corrected chi connectivity index (χ4v) is 3.92. The largest absolute Gasteiger partial charge is 0.313 e. The highest BCUT2D eigenvalue weighted by atomic mass is 35.5. The van der Waals surface area contributed by atoms with Crippen molar-refractivity contribution in [2.45, 2.75) is 26.8 Å². The van der Waals surface area contributed by atoms with Crippen molar-refractivity contribution in [3.05, 3.63) is 62.8 Å². The molecule has 3 rings (SSSR count). The first-order chi connectivity index (χ1) is 12.9. The molecule has 0 fully saturated rings. The van der Waals surface area contributed by atoms with Crippen LogP contribution in [0.25, 0.3) is 10.6 Å². The van der Waals surface area contributed by atoms with Gasteiger partial charge in [0.2, 0.25) is 0 Å². The van der Waals surface area contributed by atoms with Crippen LogP contribution in [0.5, 0.6) is 0 Å². The summed E-state index contributed by atoms with van der Waals surface area (Å²) < 4.78 is 1.73. The number of halogens is 1. The van der Waals surface area contributed by atoms with Crippen molar-refractivity contribution < 1.29 is 9.72 Å². The topological polar surface area (TPSA) is 90.1 Å². The summed E-state index contributed by atoms with van der Waals surface area (Å²) in [5, 5.41) is 19.4. The summed E-state index contributed by atoms with van der Waals surface area (Å²) in [5.41, 5.74) is 1.77. The van der Waals surface area contributed by atoms with Crippen molar-refractivity contribution >= 4 is 39.5 Å². The van der Waals surface area contributed by atoms with E-state index in [1.807, 2.05) is 19.9 Å². The average Bonchev–Trinajstić information content (AvgIpc) is 3.25. The summed E-state index contributed by atoms with van der Waals surface area (Å²) >= 11 is 7.19. The van der Waals surface area contributed by atoms with Crippen LogP contribution < -0.4 is 5.32 Å². The van der Waals surface area contributed by atoms with Gasteiger partial charge in [0.05, 0.1) is 33.0 Å². The lowest BCUT2D eigenvalue weighted by Crippen LogP contribution is -2.11. The minimum atomic E-state index is -0.449. The van der Waals surface area contributed by atoms with Gasteiger partial charge >= 0.3 is 0 Å². The summed E-state index contributed by atoms with van der Waals surface area (Å²) in [6.07, 6.45) is 0.731. The lowest BCUT2D eigenvalue weighted by Gasteiger charge is -2.04. The first kappa shape index (κ1) is 19.1. The average molecular weight is 405 g/mol. The van der Waals surface area contributed by atoms with Gasteiger partial charge in [-0.25, -0.2) is 0 Å². The molecule has 0 saturated carbocycles. The van der Waals surface area contributed by atoms with E-state index in [9.17, 15) is 14.9 Å². The normalized spacial score (nSPS) is 10.8. The zero-order valence-electron chi connectivity index (χ0n) is 14.7. The molecule has 0 unspecified atom stereocenters. The molecule has 0 bridgehead atoms. The number of nitro groups is 1. The predicted octanol–water partition coefficient (Wildman–Crippen LogP) is 5.01. The Balaban J connectivity index is 1.99. The number of thiophene rings is 1. The Hall–Kier alpha value is -2.71. The van der Waals surface area contributed by atoms with Crippen molar-refractivity contribution in [3.8, 4) is 10.6 Å². The first-order valence-electron chi connectivity index (χ1n) is 8.35. The summed E-state index contributed by atoms with van der Waals surface area (Å²) in [5.74, 6) is -0.415. The number of amides is 1. The molecule has 0 aliphatic rings. The highest BCUT2D eigenvalue weighted by Crippen LogP contribution is 2.41. The van der Waals surface area contributed by atoms with Crippen LogP contribution in [0, 0.1) is 10.1 Å². The summed E-state index contributed by atoms with van der Waals surface area (Å²) in [6, 6.07) is 9.86. The van der Waals surface area contributed by atoms with Gasteiger partial charge in [-0.2, -0.15) is 5.10 Å². The molecule has 0 atom stereocenters. The molecule has 3 aromatic rings. The van der Waals surface area contributed by atoms with Crippen LogP contribution in [0.4, 0.5) is 10.7 Å². The minimum absolute atomic E-state index is 0.0632. The number of aryl methyl sites for hydroxylation is 2. The van der Waals surface area contributed by atoms with E-state index in [-0.39, 0.29) is 5.69 Å². The van der Waals surface area contributed by atoms with Gasteiger partial charge in [-0.3, -0.25) is 19.6 Å². The van der Waals surface area contributed by atoms with Crippen LogP contribution in [0.1, 0.15) is 29.9 Å². The number of rotatable bonds is 6. The Morgan fingerprint density at radius 3 is 2.70 bits per heavy atom. The number of anilines is 1. The van der Waals surface area contributed by atoms with Crippen LogP contribution in [0.3, 0.4) is 0 Å². The zero-order chi connectivity index (χ0) is 19.6. The Morgan fingerprint density at radius 1 is 1.33 bits per heavy atom. The summed E-state index contributed by atoms with van der Waals surface area (Å²) in [4.78, 5) is 24.0. The number of nitrogens with zero attached hydrogens (tertiary/aromatic N) is 3. The third kappa shape index (κ3) is 3.86. The van der Waals surface area contributed by atoms with Gasteiger partial charge in [0, 0.05) is 6.54 Å². The Kier molecular flexibility index (Phi) is 5.57. The predicted molar refractivity (Wildman–Crippen MR) is 107 cm³/mol. The van der Waals surface area contributed by atoms with E-state index in [0.29, 0.717) is 32.7 Å². The second kappa shape index (κ2) is 7.89. The molecule has 2 heterocycles. The molecule has 1 amide bonds. The van der Waals surface area contributed by atoms with Gasteiger partial charge in [-0.1, -0.05) is 30.7 Å². The number of carbonyl (C=O) groups is 1. The maximum Gasteiger partial charge on any atom is 0.291 e. The first-order valence-corrected chi connectivity index (χ1v) is 9.55. The summed E-state index contributed by atoms with van der Waals surface area (Å²) in [7, 11) is 0. The third-order valence-electron chi connectivity index (χ3n) is 3.99.